The zero-order valence-electron chi connectivity index (χ0n) is 10.4. The second-order valence-corrected chi connectivity index (χ2v) is 5.44. The van der Waals surface area contributed by atoms with Crippen LogP contribution in [0, 0.1) is 0 Å². The van der Waals surface area contributed by atoms with E-state index in [2.05, 4.69) is 31.7 Å². The van der Waals surface area contributed by atoms with E-state index in [4.69, 9.17) is 33.8 Å². The Morgan fingerprint density at radius 3 is 2.55 bits per heavy atom. The Hall–Kier alpha value is -1.21. The summed E-state index contributed by atoms with van der Waals surface area (Å²) in [4.78, 5) is 4.20. The maximum absolute atomic E-state index is 6.09. The molecule has 0 saturated heterocycles. The van der Waals surface area contributed by atoms with Crippen molar-refractivity contribution in [3.05, 3.63) is 38.8 Å². The normalized spacial score (nSPS) is 10.2. The number of nitrogen functional groups attached to an aromatic ring is 1. The van der Waals surface area contributed by atoms with E-state index in [1.165, 1.54) is 0 Å². The number of nitrogens with two attached hydrogens (primary N) is 1. The molecule has 0 unspecified atom stereocenters. The highest BCUT2D eigenvalue weighted by Gasteiger charge is 2.10. The van der Waals surface area contributed by atoms with Crippen LogP contribution in [0.5, 0.6) is 5.75 Å². The van der Waals surface area contributed by atoms with Crippen molar-refractivity contribution in [1.29, 1.82) is 0 Å². The van der Waals surface area contributed by atoms with E-state index in [1.807, 2.05) is 18.2 Å². The van der Waals surface area contributed by atoms with Crippen LogP contribution >= 0.6 is 39.1 Å². The molecule has 1 aromatic heterocycles. The van der Waals surface area contributed by atoms with Crippen molar-refractivity contribution in [3.8, 4) is 5.75 Å². The van der Waals surface area contributed by atoms with Crippen LogP contribution in [0.1, 0.15) is 0 Å². The highest BCUT2D eigenvalue weighted by atomic mass is 79.9. The lowest BCUT2D eigenvalue weighted by molar-refractivity contribution is 0.412. The van der Waals surface area contributed by atoms with Gasteiger partial charge in [-0.25, -0.2) is 10.8 Å². The van der Waals surface area contributed by atoms with Gasteiger partial charge in [0, 0.05) is 11.8 Å². The third-order valence-electron chi connectivity index (χ3n) is 2.48. The molecule has 0 bridgehead atoms. The zero-order valence-corrected chi connectivity index (χ0v) is 13.5. The summed E-state index contributed by atoms with van der Waals surface area (Å²) in [5.41, 5.74) is 3.17. The minimum Gasteiger partial charge on any atom is -0.495 e. The topological polar surface area (TPSA) is 72.2 Å². The minimum atomic E-state index is 0.336. The van der Waals surface area contributed by atoms with Crippen LogP contribution in [0.25, 0.3) is 0 Å². The van der Waals surface area contributed by atoms with Crippen LogP contribution in [-0.2, 0) is 0 Å². The van der Waals surface area contributed by atoms with Crippen LogP contribution in [-0.4, -0.2) is 12.1 Å². The minimum absolute atomic E-state index is 0.336. The van der Waals surface area contributed by atoms with Crippen molar-refractivity contribution in [1.82, 2.24) is 4.98 Å². The number of nitrogens with zero attached hydrogens (tertiary/aromatic N) is 1. The largest absolute Gasteiger partial charge is 0.495 e. The number of rotatable bonds is 4. The van der Waals surface area contributed by atoms with Crippen LogP contribution in [0.15, 0.2) is 28.7 Å². The molecule has 20 heavy (non-hydrogen) atoms. The number of hydrogen-bond donors (Lipinski definition) is 3. The number of hydrogen-bond acceptors (Lipinski definition) is 5. The summed E-state index contributed by atoms with van der Waals surface area (Å²) < 4.78 is 6.08. The molecule has 0 radical (unpaired) electrons. The van der Waals surface area contributed by atoms with Crippen molar-refractivity contribution in [2.45, 2.75) is 0 Å². The molecule has 1 aromatic carbocycles. The van der Waals surface area contributed by atoms with Gasteiger partial charge in [0.25, 0.3) is 0 Å². The molecule has 5 nitrogen and oxygen atoms in total. The third kappa shape index (κ3) is 3.27. The van der Waals surface area contributed by atoms with Crippen LogP contribution in [0.3, 0.4) is 0 Å². The van der Waals surface area contributed by atoms with Crippen LogP contribution in [0.4, 0.5) is 17.3 Å². The van der Waals surface area contributed by atoms with Gasteiger partial charge < -0.3 is 15.5 Å². The molecule has 4 N–H and O–H groups in total. The van der Waals surface area contributed by atoms with E-state index in [9.17, 15) is 0 Å². The number of ether oxygens (including phenoxy) is 1. The molecule has 0 aliphatic rings. The van der Waals surface area contributed by atoms with Gasteiger partial charge in [0.2, 0.25) is 0 Å². The highest BCUT2D eigenvalue weighted by molar-refractivity contribution is 9.10. The van der Waals surface area contributed by atoms with Gasteiger partial charge in [-0.3, -0.25) is 0 Å². The molecule has 8 heteroatoms. The summed E-state index contributed by atoms with van der Waals surface area (Å²) in [5, 5.41) is 3.81. The number of methoxy groups -OCH3 is 1. The van der Waals surface area contributed by atoms with Crippen molar-refractivity contribution in [2.24, 2.45) is 5.84 Å². The molecule has 0 atom stereocenters. The van der Waals surface area contributed by atoms with E-state index in [0.29, 0.717) is 27.4 Å². The number of aromatic nitrogens is 1. The van der Waals surface area contributed by atoms with Crippen molar-refractivity contribution >= 4 is 56.5 Å². The predicted octanol–water partition coefficient (Wildman–Crippen LogP) is 4.19. The quantitative estimate of drug-likeness (QED) is 0.550. The van der Waals surface area contributed by atoms with Crippen molar-refractivity contribution < 1.29 is 4.74 Å². The maximum atomic E-state index is 6.09. The Balaban J connectivity index is 2.34. The molecule has 2 aromatic rings. The molecule has 1 heterocycles. The molecule has 0 spiro atoms. The average molecular weight is 378 g/mol. The summed E-state index contributed by atoms with van der Waals surface area (Å²) >= 11 is 15.4. The molecule has 2 rings (SSSR count). The number of anilines is 3. The smallest absolute Gasteiger partial charge is 0.161 e. The van der Waals surface area contributed by atoms with E-state index in [-0.39, 0.29) is 0 Å². The first kappa shape index (κ1) is 15.2. The predicted molar refractivity (Wildman–Crippen MR) is 86.0 cm³/mol. The monoisotopic (exact) mass is 376 g/mol. The molecular formula is C12H11BrCl2N4O. The van der Waals surface area contributed by atoms with Gasteiger partial charge in [0.15, 0.2) is 11.6 Å². The van der Waals surface area contributed by atoms with Gasteiger partial charge in [0.1, 0.15) is 5.75 Å². The van der Waals surface area contributed by atoms with Gasteiger partial charge >= 0.3 is 0 Å². The number of pyridine rings is 1. The lowest BCUT2D eigenvalue weighted by atomic mass is 10.3. The second-order valence-electron chi connectivity index (χ2n) is 3.77. The van der Waals surface area contributed by atoms with E-state index < -0.39 is 0 Å². The van der Waals surface area contributed by atoms with E-state index in [1.54, 1.807) is 13.2 Å². The fraction of sp³-hybridized carbons (Fsp3) is 0.0833. The first-order valence-electron chi connectivity index (χ1n) is 5.48. The van der Waals surface area contributed by atoms with E-state index in [0.717, 1.165) is 10.2 Å². The van der Waals surface area contributed by atoms with Gasteiger partial charge in [-0.1, -0.05) is 23.2 Å². The average Bonchev–Trinajstić information content (AvgIpc) is 2.43. The Morgan fingerprint density at radius 1 is 1.20 bits per heavy atom. The molecule has 106 valence electrons. The number of nitrogens with one attached hydrogen (secondary N) is 2. The van der Waals surface area contributed by atoms with Gasteiger partial charge in [-0.05, 0) is 34.1 Å². The molecular weight excluding hydrogens is 367 g/mol. The Kier molecular flexibility index (Phi) is 4.93. The number of benzene rings is 1. The Labute approximate surface area is 134 Å². The Morgan fingerprint density at radius 2 is 1.90 bits per heavy atom. The summed E-state index contributed by atoms with van der Waals surface area (Å²) in [7, 11) is 1.59. The summed E-state index contributed by atoms with van der Waals surface area (Å²) in [5.74, 6) is 6.80. The lowest BCUT2D eigenvalue weighted by Crippen LogP contribution is -2.10. The molecule has 0 aliphatic carbocycles. The molecule has 0 saturated carbocycles. The first-order chi connectivity index (χ1) is 9.55. The summed E-state index contributed by atoms with van der Waals surface area (Å²) in [6.07, 6.45) is 0. The lowest BCUT2D eigenvalue weighted by Gasteiger charge is -2.12. The van der Waals surface area contributed by atoms with Crippen molar-refractivity contribution in [3.63, 3.8) is 0 Å². The van der Waals surface area contributed by atoms with Crippen molar-refractivity contribution in [2.75, 3.05) is 17.9 Å². The SMILES string of the molecule is COc1cc(Nc2nc(NN)c(Cl)cc2Cl)ccc1Br. The number of halogens is 3. The standard InChI is InChI=1S/C12H11BrCl2N4O/c1-20-10-4-6(2-3-7(10)13)17-11-8(14)5-9(15)12(18-11)19-16/h2-5H,16H2,1H3,(H2,17,18,19). The molecule has 0 fully saturated rings. The van der Waals surface area contributed by atoms with Gasteiger partial charge in [0.05, 0.1) is 21.6 Å². The third-order valence-corrected chi connectivity index (χ3v) is 3.71. The van der Waals surface area contributed by atoms with Gasteiger partial charge in [-0.15, -0.1) is 0 Å². The maximum Gasteiger partial charge on any atom is 0.161 e. The fourth-order valence-corrected chi connectivity index (χ4v) is 2.40. The molecule has 0 aliphatic heterocycles. The summed E-state index contributed by atoms with van der Waals surface area (Å²) in [6.45, 7) is 0. The Bertz CT molecular complexity index is 639. The van der Waals surface area contributed by atoms with Crippen LogP contribution in [0.2, 0.25) is 10.0 Å². The second kappa shape index (κ2) is 6.49. The number of hydrazine groups is 1. The van der Waals surface area contributed by atoms with Gasteiger partial charge in [-0.2, -0.15) is 0 Å². The van der Waals surface area contributed by atoms with Crippen LogP contribution < -0.4 is 21.3 Å². The highest BCUT2D eigenvalue weighted by Crippen LogP contribution is 2.33. The first-order valence-corrected chi connectivity index (χ1v) is 7.03. The van der Waals surface area contributed by atoms with E-state index >= 15 is 0 Å². The molecule has 0 amide bonds. The zero-order chi connectivity index (χ0) is 14.7. The summed E-state index contributed by atoms with van der Waals surface area (Å²) in [6, 6.07) is 7.08. The fourth-order valence-electron chi connectivity index (χ4n) is 1.53.